The Morgan fingerprint density at radius 2 is 1.63 bits per heavy atom. The fraction of sp³-hybridized carbons (Fsp3) is 0. The highest BCUT2D eigenvalue weighted by atomic mass is 79.9. The van der Waals surface area contributed by atoms with E-state index in [1.165, 1.54) is 12.1 Å². The monoisotopic (exact) mass is 362 g/mol. The van der Waals surface area contributed by atoms with Crippen LogP contribution in [0.5, 0.6) is 11.5 Å². The maximum Gasteiger partial charge on any atom is 0.295 e. The lowest BCUT2D eigenvalue weighted by Crippen LogP contribution is -1.99. The zero-order valence-electron chi connectivity index (χ0n) is 9.38. The summed E-state index contributed by atoms with van der Waals surface area (Å²) in [7, 11) is -4.30. The molecule has 0 aliphatic rings. The van der Waals surface area contributed by atoms with Gasteiger partial charge in [0.15, 0.2) is 0 Å². The van der Waals surface area contributed by atoms with Crippen LogP contribution in [0, 0.1) is 0 Å². The van der Waals surface area contributed by atoms with Crippen molar-refractivity contribution >= 4 is 37.6 Å². The molecule has 7 heteroatoms. The molecule has 0 amide bonds. The first-order valence-electron chi connectivity index (χ1n) is 5.07. The minimum Gasteiger partial charge on any atom is -0.457 e. The minimum atomic E-state index is -4.30. The topological polar surface area (TPSA) is 63.6 Å². The third kappa shape index (κ3) is 3.70. The van der Waals surface area contributed by atoms with E-state index in [4.69, 9.17) is 20.9 Å². The zero-order valence-corrected chi connectivity index (χ0v) is 12.5. The van der Waals surface area contributed by atoms with Crippen molar-refractivity contribution in [3.05, 3.63) is 52.0 Å². The highest BCUT2D eigenvalue weighted by molar-refractivity contribution is 9.10. The quantitative estimate of drug-likeness (QED) is 0.832. The van der Waals surface area contributed by atoms with E-state index in [2.05, 4.69) is 15.9 Å². The molecule has 0 aliphatic carbocycles. The molecule has 2 rings (SSSR count). The van der Waals surface area contributed by atoms with Crippen molar-refractivity contribution < 1.29 is 17.7 Å². The molecule has 0 spiro atoms. The van der Waals surface area contributed by atoms with Crippen LogP contribution in [0.15, 0.2) is 51.8 Å². The molecule has 0 atom stereocenters. The summed E-state index contributed by atoms with van der Waals surface area (Å²) in [4.78, 5) is -0.251. The van der Waals surface area contributed by atoms with Gasteiger partial charge in [0.25, 0.3) is 10.1 Å². The summed E-state index contributed by atoms with van der Waals surface area (Å²) in [5, 5.41) is 0.571. The van der Waals surface area contributed by atoms with E-state index >= 15 is 0 Å². The van der Waals surface area contributed by atoms with Gasteiger partial charge < -0.3 is 4.74 Å². The van der Waals surface area contributed by atoms with Crippen LogP contribution >= 0.6 is 27.5 Å². The molecule has 0 unspecified atom stereocenters. The summed E-state index contributed by atoms with van der Waals surface area (Å²) in [5.74, 6) is 0.797. The van der Waals surface area contributed by atoms with Crippen LogP contribution in [0.1, 0.15) is 0 Å². The van der Waals surface area contributed by atoms with E-state index in [0.29, 0.717) is 10.8 Å². The molecular weight excluding hydrogens is 356 g/mol. The smallest absolute Gasteiger partial charge is 0.295 e. The van der Waals surface area contributed by atoms with Crippen molar-refractivity contribution in [3.63, 3.8) is 0 Å². The van der Waals surface area contributed by atoms with Gasteiger partial charge in [-0.05, 0) is 52.3 Å². The van der Waals surface area contributed by atoms with E-state index in [9.17, 15) is 8.42 Å². The van der Waals surface area contributed by atoms with E-state index < -0.39 is 10.1 Å². The van der Waals surface area contributed by atoms with Crippen LogP contribution in [0.25, 0.3) is 0 Å². The predicted octanol–water partition coefficient (Wildman–Crippen LogP) is 4.14. The summed E-state index contributed by atoms with van der Waals surface area (Å²) < 4.78 is 37.1. The summed E-state index contributed by atoms with van der Waals surface area (Å²) in [6, 6.07) is 10.9. The Kier molecular flexibility index (Phi) is 4.15. The second-order valence-electron chi connectivity index (χ2n) is 3.62. The Morgan fingerprint density at radius 3 is 2.21 bits per heavy atom. The van der Waals surface area contributed by atoms with E-state index in [0.717, 1.165) is 0 Å². The molecule has 0 aliphatic heterocycles. The average Bonchev–Trinajstić information content (AvgIpc) is 2.33. The molecule has 4 nitrogen and oxygen atoms in total. The Labute approximate surface area is 123 Å². The van der Waals surface area contributed by atoms with Gasteiger partial charge in [-0.1, -0.05) is 11.6 Å². The SMILES string of the molecule is O=S(=O)(O)c1cc(Oc2ccc(Cl)cc2)ccc1Br. The molecule has 0 radical (unpaired) electrons. The Hall–Kier alpha value is -1.08. The molecular formula is C12H8BrClO4S. The molecule has 2 aromatic rings. The predicted molar refractivity (Wildman–Crippen MR) is 75.5 cm³/mol. The van der Waals surface area contributed by atoms with Gasteiger partial charge in [0.05, 0.1) is 0 Å². The Balaban J connectivity index is 2.34. The second kappa shape index (κ2) is 5.50. The minimum absolute atomic E-state index is 0.251. The maximum atomic E-state index is 11.2. The van der Waals surface area contributed by atoms with Gasteiger partial charge >= 0.3 is 0 Å². The van der Waals surface area contributed by atoms with E-state index in [-0.39, 0.29) is 15.1 Å². The zero-order chi connectivity index (χ0) is 14.0. The van der Waals surface area contributed by atoms with Crippen LogP contribution in [0.3, 0.4) is 0 Å². The number of halogens is 2. The summed E-state index contributed by atoms with van der Waals surface area (Å²) in [6.07, 6.45) is 0. The second-order valence-corrected chi connectivity index (χ2v) is 6.30. The average molecular weight is 364 g/mol. The van der Waals surface area contributed by atoms with Crippen LogP contribution in [0.4, 0.5) is 0 Å². The van der Waals surface area contributed by atoms with Gasteiger partial charge in [0.2, 0.25) is 0 Å². The fourth-order valence-corrected chi connectivity index (χ4v) is 2.95. The van der Waals surface area contributed by atoms with Crippen molar-refractivity contribution in [2.45, 2.75) is 4.90 Å². The molecule has 0 saturated heterocycles. The molecule has 19 heavy (non-hydrogen) atoms. The lowest BCUT2D eigenvalue weighted by molar-refractivity contribution is 0.471. The van der Waals surface area contributed by atoms with Crippen molar-refractivity contribution in [1.82, 2.24) is 0 Å². The number of ether oxygens (including phenoxy) is 1. The van der Waals surface area contributed by atoms with Gasteiger partial charge in [-0.2, -0.15) is 8.42 Å². The Bertz CT molecular complexity index is 698. The number of hydrogen-bond acceptors (Lipinski definition) is 3. The van der Waals surface area contributed by atoms with Crippen LogP contribution < -0.4 is 4.74 Å². The third-order valence-corrected chi connectivity index (χ3v) is 4.33. The standard InChI is InChI=1S/C12H8BrClO4S/c13-11-6-5-10(7-12(11)19(15,16)17)18-9-3-1-8(14)2-4-9/h1-7H,(H,15,16,17). The highest BCUT2D eigenvalue weighted by Crippen LogP contribution is 2.29. The van der Waals surface area contributed by atoms with Gasteiger partial charge in [-0.3, -0.25) is 4.55 Å². The number of hydrogen-bond donors (Lipinski definition) is 1. The first-order valence-corrected chi connectivity index (χ1v) is 7.68. The molecule has 0 heterocycles. The first kappa shape index (κ1) is 14.3. The van der Waals surface area contributed by atoms with E-state index in [1.807, 2.05) is 0 Å². The summed E-state index contributed by atoms with van der Waals surface area (Å²) in [5.41, 5.74) is 0. The van der Waals surface area contributed by atoms with Crippen molar-refractivity contribution in [2.75, 3.05) is 0 Å². The van der Waals surface area contributed by atoms with Gasteiger partial charge in [-0.15, -0.1) is 0 Å². The first-order chi connectivity index (χ1) is 8.86. The maximum absolute atomic E-state index is 11.2. The molecule has 0 bridgehead atoms. The molecule has 0 aromatic heterocycles. The van der Waals surface area contributed by atoms with Crippen LogP contribution in [-0.4, -0.2) is 13.0 Å². The van der Waals surface area contributed by atoms with Crippen LogP contribution in [0.2, 0.25) is 5.02 Å². The lowest BCUT2D eigenvalue weighted by Gasteiger charge is -2.08. The highest BCUT2D eigenvalue weighted by Gasteiger charge is 2.15. The molecule has 1 N–H and O–H groups in total. The normalized spacial score (nSPS) is 11.3. The summed E-state index contributed by atoms with van der Waals surface area (Å²) >= 11 is 8.80. The van der Waals surface area contributed by atoms with Gasteiger partial charge in [-0.25, -0.2) is 0 Å². The molecule has 0 saturated carbocycles. The molecule has 100 valence electrons. The largest absolute Gasteiger partial charge is 0.457 e. The third-order valence-electron chi connectivity index (χ3n) is 2.23. The van der Waals surface area contributed by atoms with Gasteiger partial charge in [0, 0.05) is 15.6 Å². The van der Waals surface area contributed by atoms with E-state index in [1.54, 1.807) is 30.3 Å². The lowest BCUT2D eigenvalue weighted by atomic mass is 10.3. The molecule has 0 fully saturated rings. The Morgan fingerprint density at radius 1 is 1.05 bits per heavy atom. The van der Waals surface area contributed by atoms with Crippen molar-refractivity contribution in [2.24, 2.45) is 0 Å². The van der Waals surface area contributed by atoms with Crippen molar-refractivity contribution in [1.29, 1.82) is 0 Å². The summed E-state index contributed by atoms with van der Waals surface area (Å²) in [6.45, 7) is 0. The van der Waals surface area contributed by atoms with Crippen molar-refractivity contribution in [3.8, 4) is 11.5 Å². The van der Waals surface area contributed by atoms with Crippen LogP contribution in [-0.2, 0) is 10.1 Å². The van der Waals surface area contributed by atoms with Gasteiger partial charge in [0.1, 0.15) is 16.4 Å². The number of benzene rings is 2. The fourth-order valence-electron chi connectivity index (χ4n) is 1.38. The number of rotatable bonds is 3. The molecule has 2 aromatic carbocycles.